The number of nitrogens with zero attached hydrogens (tertiary/aromatic N) is 1. The number of nitrogens with one attached hydrogen (secondary N) is 2. The first-order valence-corrected chi connectivity index (χ1v) is 4.73. The van der Waals surface area contributed by atoms with Crippen LogP contribution in [0, 0.1) is 5.41 Å². The van der Waals surface area contributed by atoms with Crippen LogP contribution in [0.2, 0.25) is 0 Å². The highest BCUT2D eigenvalue weighted by Crippen LogP contribution is 2.44. The highest BCUT2D eigenvalue weighted by atomic mass is 15.2. The summed E-state index contributed by atoms with van der Waals surface area (Å²) >= 11 is 0. The maximum atomic E-state index is 4.37. The molecule has 1 atom stereocenters. The van der Waals surface area contributed by atoms with Crippen molar-refractivity contribution in [2.24, 2.45) is 10.4 Å². The summed E-state index contributed by atoms with van der Waals surface area (Å²) in [6.07, 6.45) is 2.44. The zero-order valence-corrected chi connectivity index (χ0v) is 7.85. The lowest BCUT2D eigenvalue weighted by atomic mass is 10.2. The smallest absolute Gasteiger partial charge is 0.191 e. The molecule has 0 aromatic heterocycles. The molecule has 2 rings (SSSR count). The van der Waals surface area contributed by atoms with Crippen molar-refractivity contribution in [1.29, 1.82) is 0 Å². The molecule has 0 aromatic carbocycles. The predicted octanol–water partition coefficient (Wildman–Crippen LogP) is 0.724. The highest BCUT2D eigenvalue weighted by Gasteiger charge is 2.46. The molecule has 1 fully saturated rings. The summed E-state index contributed by atoms with van der Waals surface area (Å²) < 4.78 is 0. The predicted molar refractivity (Wildman–Crippen MR) is 50.2 cm³/mol. The standard InChI is InChI=1S/C9H17N3/c1-9(2)6-7(9)12-8-10-4-3-5-11-8/h7H,3-6H2,1-2H3,(H2,10,11,12). The molecule has 2 N–H and O–H groups in total. The van der Waals surface area contributed by atoms with Crippen molar-refractivity contribution >= 4 is 5.96 Å². The summed E-state index contributed by atoms with van der Waals surface area (Å²) in [7, 11) is 0. The van der Waals surface area contributed by atoms with Gasteiger partial charge in [-0.3, -0.25) is 4.99 Å². The summed E-state index contributed by atoms with van der Waals surface area (Å²) in [4.78, 5) is 4.37. The molecule has 2 aliphatic rings. The van der Waals surface area contributed by atoms with Gasteiger partial charge in [0.1, 0.15) is 0 Å². The number of hydrogen-bond donors (Lipinski definition) is 2. The first kappa shape index (κ1) is 7.90. The number of aliphatic imine (C=N–C) groups is 1. The Kier molecular flexibility index (Phi) is 1.74. The van der Waals surface area contributed by atoms with Gasteiger partial charge in [0, 0.05) is 19.1 Å². The quantitative estimate of drug-likeness (QED) is 0.604. The van der Waals surface area contributed by atoms with Gasteiger partial charge in [0.2, 0.25) is 0 Å². The summed E-state index contributed by atoms with van der Waals surface area (Å²) in [5.41, 5.74) is 0.488. The maximum Gasteiger partial charge on any atom is 0.191 e. The lowest BCUT2D eigenvalue weighted by Gasteiger charge is -2.16. The second-order valence-electron chi connectivity index (χ2n) is 4.40. The minimum atomic E-state index is 0.488. The molecule has 1 aliphatic carbocycles. The van der Waals surface area contributed by atoms with Crippen molar-refractivity contribution in [3.8, 4) is 0 Å². The van der Waals surface area contributed by atoms with Crippen LogP contribution in [0.3, 0.4) is 0 Å². The van der Waals surface area contributed by atoms with Gasteiger partial charge in [0.25, 0.3) is 0 Å². The van der Waals surface area contributed by atoms with E-state index < -0.39 is 0 Å². The summed E-state index contributed by atoms with van der Waals surface area (Å²) in [5, 5.41) is 6.69. The van der Waals surface area contributed by atoms with Crippen molar-refractivity contribution in [3.05, 3.63) is 0 Å². The van der Waals surface area contributed by atoms with E-state index in [4.69, 9.17) is 0 Å². The van der Waals surface area contributed by atoms with E-state index in [2.05, 4.69) is 29.5 Å². The van der Waals surface area contributed by atoms with Crippen LogP contribution in [0.15, 0.2) is 4.99 Å². The van der Waals surface area contributed by atoms with Gasteiger partial charge in [-0.05, 0) is 18.3 Å². The number of hydrogen-bond acceptors (Lipinski definition) is 3. The fraction of sp³-hybridized carbons (Fsp3) is 0.889. The van der Waals surface area contributed by atoms with Crippen molar-refractivity contribution in [2.45, 2.75) is 32.7 Å². The van der Waals surface area contributed by atoms with Crippen molar-refractivity contribution in [2.75, 3.05) is 13.1 Å². The Balaban J connectivity index is 1.84. The van der Waals surface area contributed by atoms with Crippen molar-refractivity contribution in [1.82, 2.24) is 10.6 Å². The second-order valence-corrected chi connectivity index (χ2v) is 4.40. The number of rotatable bonds is 1. The van der Waals surface area contributed by atoms with Crippen LogP contribution in [-0.2, 0) is 0 Å². The molecule has 0 amide bonds. The van der Waals surface area contributed by atoms with Crippen LogP contribution in [0.4, 0.5) is 0 Å². The minimum absolute atomic E-state index is 0.488. The van der Waals surface area contributed by atoms with Gasteiger partial charge < -0.3 is 10.6 Å². The topological polar surface area (TPSA) is 36.4 Å². The third-order valence-corrected chi connectivity index (χ3v) is 2.72. The highest BCUT2D eigenvalue weighted by molar-refractivity contribution is 5.81. The van der Waals surface area contributed by atoms with Gasteiger partial charge in [-0.25, -0.2) is 0 Å². The summed E-state index contributed by atoms with van der Waals surface area (Å²) in [6, 6.07) is 0.641. The third kappa shape index (κ3) is 1.54. The molecule has 1 heterocycles. The van der Waals surface area contributed by atoms with Crippen LogP contribution in [0.1, 0.15) is 26.7 Å². The second kappa shape index (κ2) is 2.64. The van der Waals surface area contributed by atoms with E-state index >= 15 is 0 Å². The van der Waals surface area contributed by atoms with E-state index in [1.54, 1.807) is 0 Å². The van der Waals surface area contributed by atoms with Crippen molar-refractivity contribution < 1.29 is 0 Å². The van der Waals surface area contributed by atoms with Crippen LogP contribution in [0.25, 0.3) is 0 Å². The number of guanidine groups is 1. The average Bonchev–Trinajstić information content (AvgIpc) is 2.61. The maximum absolute atomic E-state index is 4.37. The Morgan fingerprint density at radius 1 is 1.58 bits per heavy atom. The first-order chi connectivity index (χ1) is 5.68. The molecule has 3 heteroatoms. The fourth-order valence-electron chi connectivity index (χ4n) is 1.51. The van der Waals surface area contributed by atoms with E-state index in [9.17, 15) is 0 Å². The summed E-state index contributed by atoms with van der Waals surface area (Å²) in [6.45, 7) is 6.61. The van der Waals surface area contributed by atoms with E-state index in [1.807, 2.05) is 0 Å². The Morgan fingerprint density at radius 2 is 2.33 bits per heavy atom. The van der Waals surface area contributed by atoms with Gasteiger partial charge in [-0.15, -0.1) is 0 Å². The van der Waals surface area contributed by atoms with Crippen LogP contribution in [0.5, 0.6) is 0 Å². The Bertz CT molecular complexity index is 208. The zero-order valence-electron chi connectivity index (χ0n) is 7.85. The average molecular weight is 167 g/mol. The molecule has 0 saturated heterocycles. The Labute approximate surface area is 73.6 Å². The van der Waals surface area contributed by atoms with Gasteiger partial charge in [0.05, 0.1) is 0 Å². The van der Waals surface area contributed by atoms with Gasteiger partial charge in [-0.1, -0.05) is 13.8 Å². The van der Waals surface area contributed by atoms with E-state index in [1.165, 1.54) is 12.8 Å². The minimum Gasteiger partial charge on any atom is -0.356 e. The fourth-order valence-corrected chi connectivity index (χ4v) is 1.51. The molecule has 0 aromatic rings. The lowest BCUT2D eigenvalue weighted by Crippen LogP contribution is -2.42. The van der Waals surface area contributed by atoms with Gasteiger partial charge in [0.15, 0.2) is 5.96 Å². The molecule has 1 saturated carbocycles. The Hall–Kier alpha value is -0.730. The molecule has 0 radical (unpaired) electrons. The molecule has 1 aliphatic heterocycles. The third-order valence-electron chi connectivity index (χ3n) is 2.72. The molecular formula is C9H17N3. The van der Waals surface area contributed by atoms with Crippen LogP contribution >= 0.6 is 0 Å². The Morgan fingerprint density at radius 3 is 2.83 bits per heavy atom. The van der Waals surface area contributed by atoms with E-state index in [-0.39, 0.29) is 0 Å². The van der Waals surface area contributed by atoms with Crippen molar-refractivity contribution in [3.63, 3.8) is 0 Å². The monoisotopic (exact) mass is 167 g/mol. The van der Waals surface area contributed by atoms with Crippen LogP contribution in [-0.4, -0.2) is 25.1 Å². The molecule has 3 nitrogen and oxygen atoms in total. The SMILES string of the molecule is CC1(C)CC1NC1=NCCCN1. The molecule has 1 unspecified atom stereocenters. The largest absolute Gasteiger partial charge is 0.356 e. The zero-order chi connectivity index (χ0) is 8.60. The normalized spacial score (nSPS) is 31.8. The first-order valence-electron chi connectivity index (χ1n) is 4.73. The van der Waals surface area contributed by atoms with Gasteiger partial charge in [-0.2, -0.15) is 0 Å². The van der Waals surface area contributed by atoms with Gasteiger partial charge >= 0.3 is 0 Å². The lowest BCUT2D eigenvalue weighted by molar-refractivity contribution is 0.583. The van der Waals surface area contributed by atoms with E-state index in [0.29, 0.717) is 11.5 Å². The molecule has 0 spiro atoms. The summed E-state index contributed by atoms with van der Waals surface area (Å²) in [5.74, 6) is 1.01. The molecule has 12 heavy (non-hydrogen) atoms. The molecule has 68 valence electrons. The van der Waals surface area contributed by atoms with Crippen LogP contribution < -0.4 is 10.6 Å². The molecular weight excluding hydrogens is 150 g/mol. The molecule has 0 bridgehead atoms. The van der Waals surface area contributed by atoms with E-state index in [0.717, 1.165) is 19.0 Å².